The number of nitrogens with one attached hydrogen (secondary N) is 4. The van der Waals surface area contributed by atoms with Crippen molar-refractivity contribution in [2.24, 2.45) is 10.2 Å². The van der Waals surface area contributed by atoms with Gasteiger partial charge in [0.25, 0.3) is 0 Å². The maximum Gasteiger partial charge on any atom is 0.191 e. The minimum absolute atomic E-state index is 0. The molecule has 4 N–H and O–H groups in total. The number of aromatic nitrogens is 2. The first-order valence-electron chi connectivity index (χ1n) is 10.8. The first-order chi connectivity index (χ1) is 17.7. The largest absolute Gasteiger partial charge is 0.331 e. The molecule has 0 atom stereocenters. The van der Waals surface area contributed by atoms with Gasteiger partial charge in [-0.1, -0.05) is 48.5 Å². The second-order valence-corrected chi connectivity index (χ2v) is 7.71. The van der Waals surface area contributed by atoms with E-state index in [0.29, 0.717) is 10.2 Å². The van der Waals surface area contributed by atoms with Crippen molar-refractivity contribution in [3.8, 4) is 0 Å². The van der Waals surface area contributed by atoms with Gasteiger partial charge >= 0.3 is 0 Å². The summed E-state index contributed by atoms with van der Waals surface area (Å²) in [7, 11) is 0. The van der Waals surface area contributed by atoms with Gasteiger partial charge in [0.05, 0.1) is 23.8 Å². The molecule has 0 unspecified atom stereocenters. The van der Waals surface area contributed by atoms with E-state index in [0.717, 1.165) is 22.8 Å². The molecule has 0 fully saturated rings. The van der Waals surface area contributed by atoms with Gasteiger partial charge in [0.15, 0.2) is 10.2 Å². The summed E-state index contributed by atoms with van der Waals surface area (Å²) in [5.41, 5.74) is 8.84. The Morgan fingerprint density at radius 2 is 0.946 bits per heavy atom. The minimum Gasteiger partial charge on any atom is -0.331 e. The molecule has 0 saturated carbocycles. The number of hydrogen-bond donors (Lipinski definition) is 4. The quantitative estimate of drug-likeness (QED) is 0.112. The number of thiocarbonyl (C=S) groups is 2. The predicted molar refractivity (Wildman–Crippen MR) is 155 cm³/mol. The zero-order valence-electron chi connectivity index (χ0n) is 19.9. The van der Waals surface area contributed by atoms with Gasteiger partial charge in [-0.05, 0) is 73.0 Å². The Hall–Kier alpha value is -3.92. The molecule has 0 saturated heterocycles. The first kappa shape index (κ1) is 29.3. The molecule has 4 aromatic rings. The fraction of sp³-hybridized carbons (Fsp3) is 0. The third-order valence-electron chi connectivity index (χ3n) is 4.16. The van der Waals surface area contributed by atoms with Gasteiger partial charge in [-0.2, -0.15) is 10.2 Å². The van der Waals surface area contributed by atoms with Gasteiger partial charge in [0.2, 0.25) is 0 Å². The molecule has 11 heteroatoms. The van der Waals surface area contributed by atoms with Crippen LogP contribution in [-0.4, -0.2) is 32.6 Å². The van der Waals surface area contributed by atoms with Crippen LogP contribution in [-0.2, 0) is 19.5 Å². The van der Waals surface area contributed by atoms with Crippen LogP contribution in [0.25, 0.3) is 0 Å². The maximum absolute atomic E-state index is 5.10. The molecular formula is C26H24N8S2Zn. The van der Waals surface area contributed by atoms with Crippen molar-refractivity contribution >= 4 is 58.5 Å². The van der Waals surface area contributed by atoms with E-state index < -0.39 is 0 Å². The van der Waals surface area contributed by atoms with Crippen LogP contribution in [0.15, 0.2) is 120 Å². The van der Waals surface area contributed by atoms with Crippen LogP contribution in [0.3, 0.4) is 0 Å². The summed E-state index contributed by atoms with van der Waals surface area (Å²) in [6.45, 7) is 0. The molecular weight excluding hydrogens is 554 g/mol. The number of nitrogens with zero attached hydrogens (tertiary/aromatic N) is 4. The van der Waals surface area contributed by atoms with Crippen molar-refractivity contribution in [2.45, 2.75) is 0 Å². The van der Waals surface area contributed by atoms with Crippen LogP contribution in [0.5, 0.6) is 0 Å². The van der Waals surface area contributed by atoms with Crippen LogP contribution < -0.4 is 21.5 Å². The standard InChI is InChI=1S/2C13H12N4S.Zn/c2*18-13(16-11-6-2-1-3-7-11)17-15-10-12-8-4-5-9-14-12;/h2*1-10H,(H2,16,17,18);. The SMILES string of the molecule is S=C(NN=Cc1ccccn1)Nc1ccccc1.S=C(NN=Cc1ccccn1)Nc1ccccc1.[Zn]. The van der Waals surface area contributed by atoms with Gasteiger partial charge < -0.3 is 10.6 Å². The zero-order chi connectivity index (χ0) is 25.3. The van der Waals surface area contributed by atoms with E-state index in [1.807, 2.05) is 97.1 Å². The van der Waals surface area contributed by atoms with Crippen LogP contribution in [0.1, 0.15) is 11.4 Å². The summed E-state index contributed by atoms with van der Waals surface area (Å²) in [5, 5.41) is 14.9. The third kappa shape index (κ3) is 12.6. The number of para-hydroxylation sites is 2. The molecule has 2 heterocycles. The summed E-state index contributed by atoms with van der Waals surface area (Å²) in [6, 6.07) is 30.6. The Morgan fingerprint density at radius 3 is 1.30 bits per heavy atom. The topological polar surface area (TPSA) is 98.6 Å². The Kier molecular flexibility index (Phi) is 13.9. The summed E-state index contributed by atoms with van der Waals surface area (Å²) >= 11 is 10.2. The molecule has 2 aromatic heterocycles. The van der Waals surface area contributed by atoms with Gasteiger partial charge in [0.1, 0.15) is 0 Å². The van der Waals surface area contributed by atoms with Crippen LogP contribution in [0.2, 0.25) is 0 Å². The Bertz CT molecular complexity index is 1160. The van der Waals surface area contributed by atoms with E-state index >= 15 is 0 Å². The number of anilines is 2. The molecule has 0 bridgehead atoms. The number of benzene rings is 2. The molecule has 0 aliphatic carbocycles. The van der Waals surface area contributed by atoms with Crippen molar-refractivity contribution in [3.63, 3.8) is 0 Å². The van der Waals surface area contributed by atoms with E-state index in [2.05, 4.69) is 41.7 Å². The zero-order valence-corrected chi connectivity index (χ0v) is 24.5. The van der Waals surface area contributed by atoms with Crippen LogP contribution >= 0.6 is 24.4 Å². The second-order valence-electron chi connectivity index (χ2n) is 6.89. The van der Waals surface area contributed by atoms with E-state index in [4.69, 9.17) is 24.4 Å². The van der Waals surface area contributed by atoms with Crippen molar-refractivity contribution in [1.82, 2.24) is 20.8 Å². The fourth-order valence-corrected chi connectivity index (χ4v) is 2.92. The third-order valence-corrected chi connectivity index (χ3v) is 4.55. The molecule has 0 spiro atoms. The predicted octanol–water partition coefficient (Wildman–Crippen LogP) is 4.80. The summed E-state index contributed by atoms with van der Waals surface area (Å²) < 4.78 is 0. The number of hydrogen-bond acceptors (Lipinski definition) is 6. The molecule has 0 radical (unpaired) electrons. The number of hydrazone groups is 2. The summed E-state index contributed by atoms with van der Waals surface area (Å²) in [5.74, 6) is 0. The normalized spacial score (nSPS) is 9.95. The van der Waals surface area contributed by atoms with Gasteiger partial charge in [-0.15, -0.1) is 0 Å². The molecule has 8 nitrogen and oxygen atoms in total. The molecule has 2 aromatic carbocycles. The number of rotatable bonds is 6. The molecule has 0 amide bonds. The van der Waals surface area contributed by atoms with E-state index in [1.165, 1.54) is 0 Å². The monoisotopic (exact) mass is 576 g/mol. The van der Waals surface area contributed by atoms with Gasteiger partial charge in [-0.25, -0.2) is 0 Å². The van der Waals surface area contributed by atoms with Crippen molar-refractivity contribution in [2.75, 3.05) is 10.6 Å². The second kappa shape index (κ2) is 17.5. The van der Waals surface area contributed by atoms with Crippen molar-refractivity contribution in [1.29, 1.82) is 0 Å². The number of pyridine rings is 2. The molecule has 182 valence electrons. The smallest absolute Gasteiger partial charge is 0.191 e. The Morgan fingerprint density at radius 1 is 0.568 bits per heavy atom. The van der Waals surface area contributed by atoms with E-state index in [1.54, 1.807) is 24.8 Å². The van der Waals surface area contributed by atoms with Gasteiger partial charge in [0, 0.05) is 43.2 Å². The first-order valence-corrected chi connectivity index (χ1v) is 11.6. The molecule has 37 heavy (non-hydrogen) atoms. The molecule has 4 rings (SSSR count). The van der Waals surface area contributed by atoms with Crippen molar-refractivity contribution < 1.29 is 19.5 Å². The van der Waals surface area contributed by atoms with Crippen LogP contribution in [0.4, 0.5) is 11.4 Å². The Labute approximate surface area is 239 Å². The van der Waals surface area contributed by atoms with E-state index in [9.17, 15) is 0 Å². The summed E-state index contributed by atoms with van der Waals surface area (Å²) in [6.07, 6.45) is 6.64. The maximum atomic E-state index is 5.10. The average Bonchev–Trinajstić information content (AvgIpc) is 2.91. The van der Waals surface area contributed by atoms with Crippen LogP contribution in [0, 0.1) is 0 Å². The fourth-order valence-electron chi connectivity index (χ4n) is 2.58. The minimum atomic E-state index is 0. The molecule has 0 aliphatic rings. The van der Waals surface area contributed by atoms with Crippen molar-refractivity contribution in [3.05, 3.63) is 121 Å². The average molecular weight is 578 g/mol. The molecule has 0 aliphatic heterocycles. The summed E-state index contributed by atoms with van der Waals surface area (Å²) in [4.78, 5) is 8.21. The van der Waals surface area contributed by atoms with E-state index in [-0.39, 0.29) is 19.5 Å². The Balaban J connectivity index is 0.000000253. The van der Waals surface area contributed by atoms with Gasteiger partial charge in [-0.3, -0.25) is 20.8 Å².